The van der Waals surface area contributed by atoms with Gasteiger partial charge >= 0.3 is 0 Å². The van der Waals surface area contributed by atoms with E-state index in [0.717, 1.165) is 17.7 Å². The van der Waals surface area contributed by atoms with E-state index in [4.69, 9.17) is 9.47 Å². The Hall–Kier alpha value is -2.93. The molecule has 26 heavy (non-hydrogen) atoms. The van der Waals surface area contributed by atoms with Crippen LogP contribution in [0.15, 0.2) is 48.5 Å². The molecule has 2 heterocycles. The molecule has 134 valence electrons. The third-order valence-corrected chi connectivity index (χ3v) is 5.10. The van der Waals surface area contributed by atoms with E-state index in [2.05, 4.69) is 0 Å². The molecule has 0 aromatic heterocycles. The van der Waals surface area contributed by atoms with Crippen LogP contribution in [0.1, 0.15) is 24.4 Å². The van der Waals surface area contributed by atoms with E-state index in [-0.39, 0.29) is 17.6 Å². The summed E-state index contributed by atoms with van der Waals surface area (Å²) in [5.74, 6) is 0.643. The van der Waals surface area contributed by atoms with Crippen molar-refractivity contribution in [1.29, 1.82) is 0 Å². The second kappa shape index (κ2) is 6.10. The van der Waals surface area contributed by atoms with E-state index in [1.54, 1.807) is 36.3 Å². The molecule has 0 aliphatic carbocycles. The van der Waals surface area contributed by atoms with Crippen molar-refractivity contribution in [2.75, 3.05) is 18.6 Å². The number of methoxy groups -OCH3 is 1. The standard InChI is InChI=1S/C19H18N2O5/c1-25-16-9-7-14(8-10-16)20-17(19(18(20)22)11-2-12-26-19)13-3-5-15(6-4-13)21(23)24/h3-10,17H,2,11-12H2,1H3/t17-,19+/m1/s1. The maximum atomic E-state index is 13.0. The zero-order chi connectivity index (χ0) is 18.3. The maximum absolute atomic E-state index is 13.0. The highest BCUT2D eigenvalue weighted by Crippen LogP contribution is 2.53. The zero-order valence-corrected chi connectivity index (χ0v) is 14.3. The van der Waals surface area contributed by atoms with Crippen LogP contribution in [-0.4, -0.2) is 30.1 Å². The molecule has 0 unspecified atom stereocenters. The first-order valence-electron chi connectivity index (χ1n) is 8.43. The Morgan fingerprint density at radius 1 is 1.19 bits per heavy atom. The number of β-lactam (4-membered cyclic amide) rings is 1. The predicted molar refractivity (Wildman–Crippen MR) is 94.2 cm³/mol. The lowest BCUT2D eigenvalue weighted by atomic mass is 9.75. The summed E-state index contributed by atoms with van der Waals surface area (Å²) >= 11 is 0. The summed E-state index contributed by atoms with van der Waals surface area (Å²) in [4.78, 5) is 25.1. The zero-order valence-electron chi connectivity index (χ0n) is 14.3. The minimum atomic E-state index is -0.865. The Bertz CT molecular complexity index is 841. The Morgan fingerprint density at radius 3 is 2.42 bits per heavy atom. The summed E-state index contributed by atoms with van der Waals surface area (Å²) in [6.45, 7) is 0.547. The highest BCUT2D eigenvalue weighted by molar-refractivity contribution is 6.08. The van der Waals surface area contributed by atoms with E-state index in [1.807, 2.05) is 12.1 Å². The van der Waals surface area contributed by atoms with Crippen LogP contribution in [0, 0.1) is 10.1 Å². The molecule has 0 bridgehead atoms. The van der Waals surface area contributed by atoms with Gasteiger partial charge in [-0.3, -0.25) is 19.8 Å². The Labute approximate surface area is 150 Å². The number of nitro groups is 1. The molecular formula is C19H18N2O5. The van der Waals surface area contributed by atoms with Crippen LogP contribution in [0.3, 0.4) is 0 Å². The van der Waals surface area contributed by atoms with Gasteiger partial charge < -0.3 is 9.47 Å². The molecule has 0 N–H and O–H groups in total. The van der Waals surface area contributed by atoms with E-state index in [9.17, 15) is 14.9 Å². The normalized spacial score (nSPS) is 24.6. The van der Waals surface area contributed by atoms with Gasteiger partial charge in [0.25, 0.3) is 11.6 Å². The number of rotatable bonds is 4. The van der Waals surface area contributed by atoms with Crippen LogP contribution in [0.5, 0.6) is 5.75 Å². The van der Waals surface area contributed by atoms with Gasteiger partial charge in [-0.2, -0.15) is 0 Å². The van der Waals surface area contributed by atoms with Gasteiger partial charge in [0.15, 0.2) is 5.60 Å². The van der Waals surface area contributed by atoms with Crippen molar-refractivity contribution in [1.82, 2.24) is 0 Å². The molecule has 1 spiro atoms. The Morgan fingerprint density at radius 2 is 1.88 bits per heavy atom. The molecule has 0 saturated carbocycles. The first-order valence-corrected chi connectivity index (χ1v) is 8.43. The molecule has 4 rings (SSSR count). The number of ether oxygens (including phenoxy) is 2. The maximum Gasteiger partial charge on any atom is 0.269 e. The number of anilines is 1. The Balaban J connectivity index is 1.72. The number of hydrogen-bond donors (Lipinski definition) is 0. The largest absolute Gasteiger partial charge is 0.497 e. The first kappa shape index (κ1) is 16.5. The summed E-state index contributed by atoms with van der Waals surface area (Å²) in [6, 6.07) is 13.3. The molecule has 2 aromatic carbocycles. The third-order valence-electron chi connectivity index (χ3n) is 5.10. The number of carbonyl (C=O) groups is 1. The number of amides is 1. The summed E-state index contributed by atoms with van der Waals surface area (Å²) in [5.41, 5.74) is 0.737. The fraction of sp³-hybridized carbons (Fsp3) is 0.316. The predicted octanol–water partition coefficient (Wildman–Crippen LogP) is 3.24. The highest BCUT2D eigenvalue weighted by Gasteiger charge is 2.64. The number of hydrogen-bond acceptors (Lipinski definition) is 5. The van der Waals surface area contributed by atoms with Gasteiger partial charge in [0.2, 0.25) is 0 Å². The van der Waals surface area contributed by atoms with Crippen LogP contribution in [0.2, 0.25) is 0 Å². The lowest BCUT2D eigenvalue weighted by Gasteiger charge is -2.53. The van der Waals surface area contributed by atoms with Crippen molar-refractivity contribution in [3.8, 4) is 5.75 Å². The van der Waals surface area contributed by atoms with Gasteiger partial charge in [-0.15, -0.1) is 0 Å². The first-order chi connectivity index (χ1) is 12.6. The van der Waals surface area contributed by atoms with Crippen LogP contribution in [0.25, 0.3) is 0 Å². The second-order valence-corrected chi connectivity index (χ2v) is 6.47. The molecule has 1 amide bonds. The fourth-order valence-corrected chi connectivity index (χ4v) is 3.83. The molecule has 2 fully saturated rings. The third kappa shape index (κ3) is 2.35. The van der Waals surface area contributed by atoms with E-state index >= 15 is 0 Å². The number of nitrogens with zero attached hydrogens (tertiary/aromatic N) is 2. The summed E-state index contributed by atoms with van der Waals surface area (Å²) in [7, 11) is 1.59. The van der Waals surface area contributed by atoms with Gasteiger partial charge in [-0.1, -0.05) is 0 Å². The fourth-order valence-electron chi connectivity index (χ4n) is 3.83. The van der Waals surface area contributed by atoms with Crippen molar-refractivity contribution < 1.29 is 19.2 Å². The molecule has 2 aliphatic heterocycles. The summed E-state index contributed by atoms with van der Waals surface area (Å²) in [5, 5.41) is 10.9. The van der Waals surface area contributed by atoms with Crippen LogP contribution in [0.4, 0.5) is 11.4 Å². The highest BCUT2D eigenvalue weighted by atomic mass is 16.6. The lowest BCUT2D eigenvalue weighted by Crippen LogP contribution is -2.68. The summed E-state index contributed by atoms with van der Waals surface area (Å²) < 4.78 is 11.1. The van der Waals surface area contributed by atoms with E-state index in [1.165, 1.54) is 12.1 Å². The second-order valence-electron chi connectivity index (χ2n) is 6.47. The topological polar surface area (TPSA) is 81.9 Å². The number of nitro benzene ring substituents is 1. The monoisotopic (exact) mass is 354 g/mol. The van der Waals surface area contributed by atoms with Gasteiger partial charge in [0.1, 0.15) is 11.8 Å². The molecular weight excluding hydrogens is 336 g/mol. The van der Waals surface area contributed by atoms with Gasteiger partial charge in [0.05, 0.1) is 12.0 Å². The van der Waals surface area contributed by atoms with Crippen molar-refractivity contribution in [2.24, 2.45) is 0 Å². The SMILES string of the molecule is COc1ccc(N2C(=O)[C@]3(CCCO3)[C@H]2c2ccc([N+](=O)[O-])cc2)cc1. The molecule has 2 aromatic rings. The van der Waals surface area contributed by atoms with Crippen molar-refractivity contribution in [3.05, 3.63) is 64.2 Å². The minimum absolute atomic E-state index is 0.0248. The quantitative estimate of drug-likeness (QED) is 0.478. The van der Waals surface area contributed by atoms with E-state index in [0.29, 0.717) is 18.8 Å². The van der Waals surface area contributed by atoms with Crippen LogP contribution < -0.4 is 9.64 Å². The molecule has 7 nitrogen and oxygen atoms in total. The molecule has 0 radical (unpaired) electrons. The molecule has 7 heteroatoms. The van der Waals surface area contributed by atoms with Crippen LogP contribution in [-0.2, 0) is 9.53 Å². The van der Waals surface area contributed by atoms with Crippen molar-refractivity contribution in [3.63, 3.8) is 0 Å². The minimum Gasteiger partial charge on any atom is -0.497 e. The lowest BCUT2D eigenvalue weighted by molar-refractivity contribution is -0.384. The van der Waals surface area contributed by atoms with E-state index < -0.39 is 10.5 Å². The van der Waals surface area contributed by atoms with Gasteiger partial charge in [-0.05, 0) is 54.8 Å². The van der Waals surface area contributed by atoms with Crippen molar-refractivity contribution >= 4 is 17.3 Å². The van der Waals surface area contributed by atoms with Crippen molar-refractivity contribution in [2.45, 2.75) is 24.5 Å². The number of carbonyl (C=O) groups excluding carboxylic acids is 1. The smallest absolute Gasteiger partial charge is 0.269 e. The van der Waals surface area contributed by atoms with Gasteiger partial charge in [0, 0.05) is 24.4 Å². The molecule has 2 saturated heterocycles. The number of non-ortho nitro benzene ring substituents is 1. The average Bonchev–Trinajstić information content (AvgIpc) is 3.18. The van der Waals surface area contributed by atoms with Crippen LogP contribution >= 0.6 is 0 Å². The van der Waals surface area contributed by atoms with Gasteiger partial charge in [-0.25, -0.2) is 0 Å². The Kier molecular flexibility index (Phi) is 3.88. The number of benzene rings is 2. The summed E-state index contributed by atoms with van der Waals surface area (Å²) in [6.07, 6.45) is 1.48. The average molecular weight is 354 g/mol. The molecule has 2 atom stereocenters. The molecule has 2 aliphatic rings.